The molecule has 1 heterocycles. The molecular formula is C28H33NO9S. The molecule has 1 spiro atoms. The lowest BCUT2D eigenvalue weighted by molar-refractivity contribution is -0.142. The van der Waals surface area contributed by atoms with E-state index >= 15 is 0 Å². The zero-order valence-electron chi connectivity index (χ0n) is 22.3. The van der Waals surface area contributed by atoms with Crippen LogP contribution in [0.5, 0.6) is 5.75 Å². The van der Waals surface area contributed by atoms with Crippen molar-refractivity contribution in [1.82, 2.24) is 5.06 Å². The predicted molar refractivity (Wildman–Crippen MR) is 139 cm³/mol. The normalized spacial score (nSPS) is 30.2. The maximum atomic E-state index is 13.4. The summed E-state index contributed by atoms with van der Waals surface area (Å²) in [4.78, 5) is 26.4. The van der Waals surface area contributed by atoms with Gasteiger partial charge in [0.15, 0.2) is 6.23 Å². The highest BCUT2D eigenvalue weighted by Gasteiger charge is 2.88. The van der Waals surface area contributed by atoms with Crippen molar-refractivity contribution in [3.05, 3.63) is 41.5 Å². The first-order valence-corrected chi connectivity index (χ1v) is 14.8. The van der Waals surface area contributed by atoms with Crippen LogP contribution >= 0.6 is 0 Å². The van der Waals surface area contributed by atoms with Gasteiger partial charge in [-0.2, -0.15) is 13.5 Å². The van der Waals surface area contributed by atoms with Crippen LogP contribution in [0.15, 0.2) is 30.3 Å². The van der Waals surface area contributed by atoms with Crippen molar-refractivity contribution in [2.75, 3.05) is 39.3 Å². The minimum absolute atomic E-state index is 0.0393. The number of amides is 1. The Kier molecular flexibility index (Phi) is 6.13. The molecule has 4 unspecified atom stereocenters. The standard InChI is InChI=1S/C28H33NO9S/c1-26(2)21-15-22(30)27(9-10-28(21,26)27)16-39(33,34)38-29-24(31)18-6-4-5-17-20(37-14-13-36-12-11-35-3)8-7-19(23(17)18)25(29)32/h4-8,21,25,32H,9-16H2,1-3H3. The summed E-state index contributed by atoms with van der Waals surface area (Å²) in [5.74, 6) is -0.633. The minimum Gasteiger partial charge on any atom is -0.491 e. The van der Waals surface area contributed by atoms with Gasteiger partial charge in [0.05, 0.1) is 36.6 Å². The lowest BCUT2D eigenvalue weighted by Gasteiger charge is -2.49. The van der Waals surface area contributed by atoms with Gasteiger partial charge in [-0.3, -0.25) is 9.59 Å². The second-order valence-electron chi connectivity index (χ2n) is 11.6. The molecule has 0 bridgehead atoms. The van der Waals surface area contributed by atoms with E-state index in [4.69, 9.17) is 18.5 Å². The number of hydrogen-bond acceptors (Lipinski definition) is 9. The van der Waals surface area contributed by atoms with Crippen LogP contribution in [0.25, 0.3) is 10.8 Å². The zero-order chi connectivity index (χ0) is 27.8. The van der Waals surface area contributed by atoms with Crippen LogP contribution in [-0.2, 0) is 28.7 Å². The highest BCUT2D eigenvalue weighted by atomic mass is 32.2. The van der Waals surface area contributed by atoms with Crippen LogP contribution in [0.2, 0.25) is 0 Å². The Morgan fingerprint density at radius 1 is 1.05 bits per heavy atom. The molecule has 3 aliphatic carbocycles. The number of aliphatic hydroxyl groups excluding tert-OH is 1. The van der Waals surface area contributed by atoms with Crippen molar-refractivity contribution in [2.45, 2.75) is 39.3 Å². The van der Waals surface area contributed by atoms with Crippen molar-refractivity contribution in [1.29, 1.82) is 0 Å². The van der Waals surface area contributed by atoms with Gasteiger partial charge in [-0.15, -0.1) is 4.28 Å². The van der Waals surface area contributed by atoms with Crippen molar-refractivity contribution >= 4 is 32.6 Å². The van der Waals surface area contributed by atoms with E-state index in [1.165, 1.54) is 0 Å². The molecule has 4 atom stereocenters. The largest absolute Gasteiger partial charge is 0.491 e. The smallest absolute Gasteiger partial charge is 0.289 e. The molecule has 0 saturated heterocycles. The Morgan fingerprint density at radius 3 is 2.54 bits per heavy atom. The van der Waals surface area contributed by atoms with Crippen LogP contribution < -0.4 is 4.74 Å². The third kappa shape index (κ3) is 3.63. The fourth-order valence-electron chi connectivity index (χ4n) is 7.85. The van der Waals surface area contributed by atoms with E-state index in [0.717, 1.165) is 6.42 Å². The first-order chi connectivity index (χ1) is 18.5. The van der Waals surface area contributed by atoms with Crippen LogP contribution in [-0.4, -0.2) is 69.6 Å². The molecule has 4 aliphatic rings. The van der Waals surface area contributed by atoms with Crippen molar-refractivity contribution in [3.8, 4) is 5.75 Å². The first-order valence-electron chi connectivity index (χ1n) is 13.2. The molecule has 11 heteroatoms. The first kappa shape index (κ1) is 26.6. The molecular weight excluding hydrogens is 526 g/mol. The molecule has 39 heavy (non-hydrogen) atoms. The van der Waals surface area contributed by atoms with Gasteiger partial charge < -0.3 is 19.3 Å². The van der Waals surface area contributed by atoms with Gasteiger partial charge in [0.1, 0.15) is 18.1 Å². The maximum absolute atomic E-state index is 13.4. The summed E-state index contributed by atoms with van der Waals surface area (Å²) in [7, 11) is -2.80. The second-order valence-corrected chi connectivity index (χ2v) is 13.1. The SMILES string of the molecule is COCCOCCOc1ccc2c3c(cccc13)C(=O)N(OS(=O)(=O)CC13CCC14C(CC3=O)C4(C)C)C2O. The van der Waals surface area contributed by atoms with Gasteiger partial charge in [0, 0.05) is 29.9 Å². The van der Waals surface area contributed by atoms with Gasteiger partial charge in [-0.25, -0.2) is 0 Å². The zero-order valence-corrected chi connectivity index (χ0v) is 23.1. The molecule has 1 N–H and O–H groups in total. The number of aliphatic hydroxyl groups is 1. The molecule has 10 nitrogen and oxygen atoms in total. The van der Waals surface area contributed by atoms with Crippen molar-refractivity contribution in [2.24, 2.45) is 22.2 Å². The van der Waals surface area contributed by atoms with Crippen LogP contribution in [0.3, 0.4) is 0 Å². The second kappa shape index (κ2) is 8.97. The summed E-state index contributed by atoms with van der Waals surface area (Å²) >= 11 is 0. The molecule has 3 saturated carbocycles. The fourth-order valence-corrected chi connectivity index (χ4v) is 9.46. The van der Waals surface area contributed by atoms with E-state index in [1.807, 2.05) is 0 Å². The summed E-state index contributed by atoms with van der Waals surface area (Å²) in [6, 6.07) is 8.23. The number of ether oxygens (including phenoxy) is 3. The lowest BCUT2D eigenvalue weighted by atomic mass is 9.55. The minimum atomic E-state index is -4.39. The lowest BCUT2D eigenvalue weighted by Crippen LogP contribution is -2.53. The number of carbonyl (C=O) groups is 2. The number of hydrogen-bond donors (Lipinski definition) is 1. The number of Topliss-reactive ketones (excluding diaryl/α,β-unsaturated/α-hetero) is 1. The number of carbonyl (C=O) groups excluding carboxylic acids is 2. The Hall–Kier alpha value is -2.57. The number of methoxy groups -OCH3 is 1. The Bertz CT molecular complexity index is 1470. The van der Waals surface area contributed by atoms with Gasteiger partial charge in [0.2, 0.25) is 0 Å². The highest BCUT2D eigenvalue weighted by molar-refractivity contribution is 7.86. The summed E-state index contributed by atoms with van der Waals surface area (Å²) in [6.45, 7) is 5.72. The Labute approximate surface area is 227 Å². The topological polar surface area (TPSA) is 129 Å². The van der Waals surface area contributed by atoms with Crippen molar-refractivity contribution < 1.29 is 41.6 Å². The molecule has 0 radical (unpaired) electrons. The van der Waals surface area contributed by atoms with E-state index in [9.17, 15) is 23.1 Å². The van der Waals surface area contributed by atoms with Gasteiger partial charge in [-0.1, -0.05) is 32.0 Å². The van der Waals surface area contributed by atoms with Crippen LogP contribution in [0.1, 0.15) is 55.3 Å². The van der Waals surface area contributed by atoms with E-state index in [1.54, 1.807) is 37.4 Å². The van der Waals surface area contributed by atoms with E-state index in [-0.39, 0.29) is 34.7 Å². The van der Waals surface area contributed by atoms with Crippen LogP contribution in [0.4, 0.5) is 0 Å². The average Bonchev–Trinajstić information content (AvgIpc) is 3.34. The third-order valence-electron chi connectivity index (χ3n) is 9.75. The molecule has 2 aromatic rings. The van der Waals surface area contributed by atoms with Gasteiger partial charge >= 0.3 is 0 Å². The number of benzene rings is 2. The van der Waals surface area contributed by atoms with E-state index in [2.05, 4.69) is 13.8 Å². The molecule has 6 rings (SSSR count). The maximum Gasteiger partial charge on any atom is 0.289 e. The summed E-state index contributed by atoms with van der Waals surface area (Å²) in [5, 5.41) is 12.7. The van der Waals surface area contributed by atoms with Crippen LogP contribution in [0, 0.1) is 22.2 Å². The Morgan fingerprint density at radius 2 is 1.82 bits per heavy atom. The van der Waals surface area contributed by atoms with Crippen molar-refractivity contribution in [3.63, 3.8) is 0 Å². The molecule has 2 aromatic carbocycles. The average molecular weight is 560 g/mol. The highest BCUT2D eigenvalue weighted by Crippen LogP contribution is 2.89. The van der Waals surface area contributed by atoms with Gasteiger partial charge in [0.25, 0.3) is 16.0 Å². The quantitative estimate of drug-likeness (QED) is 0.413. The number of rotatable bonds is 11. The molecule has 0 aromatic heterocycles. The monoisotopic (exact) mass is 559 g/mol. The number of hydroxylamine groups is 2. The summed E-state index contributed by atoms with van der Waals surface area (Å²) < 4.78 is 48.3. The van der Waals surface area contributed by atoms with E-state index < -0.39 is 33.4 Å². The fraction of sp³-hybridized carbons (Fsp3) is 0.571. The molecule has 3 fully saturated rings. The summed E-state index contributed by atoms with van der Waals surface area (Å²) in [5.41, 5.74) is -0.900. The van der Waals surface area contributed by atoms with Gasteiger partial charge in [-0.05, 0) is 41.7 Å². The predicted octanol–water partition coefficient (Wildman–Crippen LogP) is 2.99. The summed E-state index contributed by atoms with van der Waals surface area (Å²) in [6.07, 6.45) is 0.0318. The third-order valence-corrected chi connectivity index (χ3v) is 11.0. The number of ketones is 1. The number of nitrogens with zero attached hydrogens (tertiary/aromatic N) is 1. The molecule has 1 aliphatic heterocycles. The molecule has 210 valence electrons. The molecule has 1 amide bonds. The Balaban J connectivity index is 1.22. The van der Waals surface area contributed by atoms with E-state index in [0.29, 0.717) is 59.8 Å².